The fraction of sp³-hybridized carbons (Fsp3) is 0.333. The van der Waals surface area contributed by atoms with Crippen LogP contribution in [0.4, 0.5) is 0 Å². The molecule has 0 amide bonds. The fourth-order valence-corrected chi connectivity index (χ4v) is 3.99. The van der Waals surface area contributed by atoms with E-state index in [2.05, 4.69) is 42.2 Å². The lowest BCUT2D eigenvalue weighted by Crippen LogP contribution is -2.29. The molecule has 1 aromatic heterocycles. The number of likely N-dealkylation sites (tertiary alicyclic amines) is 1. The minimum atomic E-state index is 0.0938. The van der Waals surface area contributed by atoms with Crippen LogP contribution in [0.2, 0.25) is 0 Å². The molecular formula is C24H26N2O. The van der Waals surface area contributed by atoms with Crippen LogP contribution in [0.15, 0.2) is 54.6 Å². The number of pyridine rings is 1. The van der Waals surface area contributed by atoms with Crippen LogP contribution in [0, 0.1) is 0 Å². The van der Waals surface area contributed by atoms with Gasteiger partial charge in [0.2, 0.25) is 0 Å². The molecule has 0 unspecified atom stereocenters. The molecule has 2 aromatic carbocycles. The van der Waals surface area contributed by atoms with Gasteiger partial charge in [-0.25, -0.2) is 0 Å². The minimum absolute atomic E-state index is 0.0938. The highest BCUT2D eigenvalue weighted by Crippen LogP contribution is 2.25. The molecule has 1 saturated heterocycles. The van der Waals surface area contributed by atoms with Gasteiger partial charge >= 0.3 is 0 Å². The molecule has 1 aliphatic rings. The van der Waals surface area contributed by atoms with Crippen molar-refractivity contribution in [1.29, 1.82) is 0 Å². The van der Waals surface area contributed by atoms with Gasteiger partial charge in [-0.1, -0.05) is 30.3 Å². The van der Waals surface area contributed by atoms with Gasteiger partial charge in [0.05, 0.1) is 5.52 Å². The van der Waals surface area contributed by atoms with Gasteiger partial charge in [-0.3, -0.25) is 9.78 Å². The highest BCUT2D eigenvalue weighted by atomic mass is 16.1. The Morgan fingerprint density at radius 2 is 1.96 bits per heavy atom. The van der Waals surface area contributed by atoms with Gasteiger partial charge in [0.15, 0.2) is 5.78 Å². The third kappa shape index (κ3) is 3.93. The molecule has 1 fully saturated rings. The van der Waals surface area contributed by atoms with Crippen LogP contribution >= 0.6 is 0 Å². The Morgan fingerprint density at radius 3 is 2.74 bits per heavy atom. The molecule has 27 heavy (non-hydrogen) atoms. The van der Waals surface area contributed by atoms with E-state index in [1.165, 1.54) is 19.4 Å². The van der Waals surface area contributed by atoms with Gasteiger partial charge in [0.25, 0.3) is 0 Å². The molecule has 0 N–H and O–H groups in total. The standard InChI is InChI=1S/C24H26N2O/c1-17-5-4-13-26(17)14-12-23-10-8-22-16-21(9-11-24(22)25-23)20-7-3-6-19(15-20)18(2)27/h3,6-11,15-17H,4-5,12-14H2,1-2H3/t17-/m1/s1. The quantitative estimate of drug-likeness (QED) is 0.593. The van der Waals surface area contributed by atoms with E-state index in [0.717, 1.165) is 46.3 Å². The topological polar surface area (TPSA) is 33.2 Å². The van der Waals surface area contributed by atoms with Gasteiger partial charge in [0.1, 0.15) is 0 Å². The van der Waals surface area contributed by atoms with Crippen molar-refractivity contribution in [3.63, 3.8) is 0 Å². The highest BCUT2D eigenvalue weighted by molar-refractivity contribution is 5.95. The van der Waals surface area contributed by atoms with Crippen LogP contribution in [0.1, 0.15) is 42.7 Å². The number of aromatic nitrogens is 1. The fourth-order valence-electron chi connectivity index (χ4n) is 3.99. The van der Waals surface area contributed by atoms with Crippen molar-refractivity contribution in [2.75, 3.05) is 13.1 Å². The Morgan fingerprint density at radius 1 is 1.11 bits per heavy atom. The molecule has 0 saturated carbocycles. The molecule has 1 aliphatic heterocycles. The first-order valence-electron chi connectivity index (χ1n) is 9.85. The lowest BCUT2D eigenvalue weighted by molar-refractivity contribution is 0.101. The van der Waals surface area contributed by atoms with E-state index in [4.69, 9.17) is 4.98 Å². The molecule has 2 heterocycles. The van der Waals surface area contributed by atoms with E-state index in [9.17, 15) is 4.79 Å². The molecule has 3 nitrogen and oxygen atoms in total. The van der Waals surface area contributed by atoms with Crippen molar-refractivity contribution in [2.45, 2.75) is 39.2 Å². The number of carbonyl (C=O) groups is 1. The normalized spacial score (nSPS) is 17.5. The number of carbonyl (C=O) groups excluding carboxylic acids is 1. The Hall–Kier alpha value is -2.52. The molecule has 138 valence electrons. The van der Waals surface area contributed by atoms with Crippen molar-refractivity contribution in [3.05, 3.63) is 65.9 Å². The predicted octanol–water partition coefficient (Wildman–Crippen LogP) is 5.13. The summed E-state index contributed by atoms with van der Waals surface area (Å²) in [5.74, 6) is 0.0938. The average Bonchev–Trinajstić information content (AvgIpc) is 3.10. The third-order valence-electron chi connectivity index (χ3n) is 5.70. The largest absolute Gasteiger partial charge is 0.300 e. The first kappa shape index (κ1) is 17.9. The van der Waals surface area contributed by atoms with Crippen molar-refractivity contribution < 1.29 is 4.79 Å². The summed E-state index contributed by atoms with van der Waals surface area (Å²) in [5.41, 5.74) is 5.13. The molecule has 3 aromatic rings. The summed E-state index contributed by atoms with van der Waals surface area (Å²) in [6.07, 6.45) is 3.64. The minimum Gasteiger partial charge on any atom is -0.300 e. The molecule has 0 radical (unpaired) electrons. The van der Waals surface area contributed by atoms with E-state index < -0.39 is 0 Å². The third-order valence-corrected chi connectivity index (χ3v) is 5.70. The second kappa shape index (κ2) is 7.61. The Kier molecular flexibility index (Phi) is 5.04. The summed E-state index contributed by atoms with van der Waals surface area (Å²) in [6, 6.07) is 19.2. The van der Waals surface area contributed by atoms with Crippen molar-refractivity contribution in [1.82, 2.24) is 9.88 Å². The molecule has 1 atom stereocenters. The number of ketones is 1. The first-order valence-corrected chi connectivity index (χ1v) is 9.85. The summed E-state index contributed by atoms with van der Waals surface area (Å²) >= 11 is 0. The molecular weight excluding hydrogens is 332 g/mol. The van der Waals surface area contributed by atoms with Gasteiger partial charge in [-0.2, -0.15) is 0 Å². The monoisotopic (exact) mass is 358 g/mol. The average molecular weight is 358 g/mol. The maximum absolute atomic E-state index is 11.6. The van der Waals surface area contributed by atoms with Crippen molar-refractivity contribution in [3.8, 4) is 11.1 Å². The molecule has 0 bridgehead atoms. The van der Waals surface area contributed by atoms with Gasteiger partial charge in [-0.05, 0) is 68.6 Å². The number of nitrogens with zero attached hydrogens (tertiary/aromatic N) is 2. The van der Waals surface area contributed by atoms with Crippen LogP contribution in [0.25, 0.3) is 22.0 Å². The summed E-state index contributed by atoms with van der Waals surface area (Å²) < 4.78 is 0. The molecule has 3 heteroatoms. The molecule has 0 spiro atoms. The maximum Gasteiger partial charge on any atom is 0.159 e. The van der Waals surface area contributed by atoms with Crippen molar-refractivity contribution in [2.24, 2.45) is 0 Å². The number of fused-ring (bicyclic) bond motifs is 1. The summed E-state index contributed by atoms with van der Waals surface area (Å²) in [4.78, 5) is 19.1. The first-order chi connectivity index (χ1) is 13.1. The van der Waals surface area contributed by atoms with Gasteiger partial charge < -0.3 is 4.90 Å². The lowest BCUT2D eigenvalue weighted by atomic mass is 10.00. The van der Waals surface area contributed by atoms with Crippen LogP contribution in [0.5, 0.6) is 0 Å². The Balaban J connectivity index is 1.55. The van der Waals surface area contributed by atoms with E-state index in [-0.39, 0.29) is 5.78 Å². The maximum atomic E-state index is 11.6. The number of rotatable bonds is 5. The SMILES string of the molecule is CC(=O)c1cccc(-c2ccc3nc(CCN4CCC[C@H]4C)ccc3c2)c1. The smallest absolute Gasteiger partial charge is 0.159 e. The molecule has 4 rings (SSSR count). The van der Waals surface area contributed by atoms with Gasteiger partial charge in [0, 0.05) is 35.7 Å². The van der Waals surface area contributed by atoms with E-state index in [1.807, 2.05) is 24.3 Å². The summed E-state index contributed by atoms with van der Waals surface area (Å²) in [5, 5.41) is 1.14. The van der Waals surface area contributed by atoms with Crippen LogP contribution in [-0.4, -0.2) is 34.8 Å². The number of hydrogen-bond donors (Lipinski definition) is 0. The zero-order valence-corrected chi connectivity index (χ0v) is 16.1. The predicted molar refractivity (Wildman–Crippen MR) is 111 cm³/mol. The summed E-state index contributed by atoms with van der Waals surface area (Å²) in [6.45, 7) is 6.24. The number of hydrogen-bond acceptors (Lipinski definition) is 3. The van der Waals surface area contributed by atoms with Gasteiger partial charge in [-0.15, -0.1) is 0 Å². The Bertz CT molecular complexity index is 979. The Labute approximate surface area is 161 Å². The zero-order valence-electron chi connectivity index (χ0n) is 16.1. The van der Waals surface area contributed by atoms with E-state index in [0.29, 0.717) is 6.04 Å². The van der Waals surface area contributed by atoms with Crippen LogP contribution in [-0.2, 0) is 6.42 Å². The number of Topliss-reactive ketones (excluding diaryl/α,β-unsaturated/α-hetero) is 1. The second-order valence-corrected chi connectivity index (χ2v) is 7.62. The van der Waals surface area contributed by atoms with Crippen LogP contribution in [0.3, 0.4) is 0 Å². The molecule has 0 aliphatic carbocycles. The zero-order chi connectivity index (χ0) is 18.8. The summed E-state index contributed by atoms with van der Waals surface area (Å²) in [7, 11) is 0. The lowest BCUT2D eigenvalue weighted by Gasteiger charge is -2.20. The second-order valence-electron chi connectivity index (χ2n) is 7.62. The highest BCUT2D eigenvalue weighted by Gasteiger charge is 2.19. The van der Waals surface area contributed by atoms with E-state index in [1.54, 1.807) is 6.92 Å². The van der Waals surface area contributed by atoms with E-state index >= 15 is 0 Å². The van der Waals surface area contributed by atoms with Crippen LogP contribution < -0.4 is 0 Å². The van der Waals surface area contributed by atoms with Crippen molar-refractivity contribution >= 4 is 16.7 Å². The number of benzene rings is 2.